The van der Waals surface area contributed by atoms with E-state index in [1.54, 1.807) is 6.07 Å². The molecule has 6 heteroatoms. The zero-order valence-corrected chi connectivity index (χ0v) is 13.8. The minimum atomic E-state index is -4.31. The third kappa shape index (κ3) is 2.49. The normalized spacial score (nSPS) is 12.5. The molecule has 1 aliphatic carbocycles. The molecule has 0 aliphatic heterocycles. The molecule has 3 nitrogen and oxygen atoms in total. The summed E-state index contributed by atoms with van der Waals surface area (Å²) in [6.07, 6.45) is 0.473. The van der Waals surface area contributed by atoms with Gasteiger partial charge in [-0.3, -0.25) is 4.55 Å². The fourth-order valence-electron chi connectivity index (χ4n) is 2.43. The molecule has 0 heterocycles. The monoisotopic (exact) mass is 304 g/mol. The van der Waals surface area contributed by atoms with E-state index in [9.17, 15) is 13.0 Å². The fourth-order valence-corrected chi connectivity index (χ4v) is 3.71. The van der Waals surface area contributed by atoms with Crippen LogP contribution in [0, 0.1) is 0 Å². The average molecular weight is 305 g/mol. The van der Waals surface area contributed by atoms with Crippen LogP contribution in [0.25, 0.3) is 11.1 Å². The van der Waals surface area contributed by atoms with E-state index >= 15 is 0 Å². The van der Waals surface area contributed by atoms with Crippen LogP contribution in [-0.2, 0) is 16.5 Å². The Morgan fingerprint density at radius 1 is 1.11 bits per heavy atom. The van der Waals surface area contributed by atoms with Gasteiger partial charge in [-0.15, -0.1) is 0 Å². The molecule has 2 aromatic carbocycles. The molecule has 0 spiro atoms. The second-order valence-corrected chi connectivity index (χ2v) is 5.98. The minimum Gasteiger partial charge on any atom is -1.00 e. The van der Waals surface area contributed by atoms with Gasteiger partial charge >= 0.3 is 29.6 Å². The summed E-state index contributed by atoms with van der Waals surface area (Å²) in [6, 6.07) is 11.0. The largest absolute Gasteiger partial charge is 1.00 e. The van der Waals surface area contributed by atoms with Gasteiger partial charge in [-0.1, -0.05) is 41.9 Å². The molecule has 0 saturated heterocycles. The van der Waals surface area contributed by atoms with Crippen LogP contribution in [-0.4, -0.2) is 13.0 Å². The summed E-state index contributed by atoms with van der Waals surface area (Å²) in [7, 11) is -4.31. The zero-order valence-electron chi connectivity index (χ0n) is 11.2. The Morgan fingerprint density at radius 3 is 2.47 bits per heavy atom. The van der Waals surface area contributed by atoms with Crippen molar-refractivity contribution in [3.63, 3.8) is 0 Å². The molecule has 0 saturated carbocycles. The van der Waals surface area contributed by atoms with E-state index in [4.69, 9.17) is 11.6 Å². The molecule has 0 radical (unpaired) electrons. The molecular weight excluding hydrogens is 295 g/mol. The first-order chi connectivity index (χ1) is 8.48. The molecule has 0 aromatic heterocycles. The van der Waals surface area contributed by atoms with Crippen molar-refractivity contribution >= 4 is 21.7 Å². The third-order valence-electron chi connectivity index (χ3n) is 3.15. The summed E-state index contributed by atoms with van der Waals surface area (Å²) < 4.78 is 32.2. The van der Waals surface area contributed by atoms with Gasteiger partial charge in [0.15, 0.2) is 0 Å². The maximum absolute atomic E-state index is 11.4. The SMILES string of the molecule is O=S(=O)(O)c1c(Cl)ccc2c1Cc1ccccc1-2.[H-].[Na+]. The van der Waals surface area contributed by atoms with Gasteiger partial charge in [0.2, 0.25) is 0 Å². The molecule has 0 atom stereocenters. The maximum Gasteiger partial charge on any atom is 1.00 e. The third-order valence-corrected chi connectivity index (χ3v) is 4.55. The second-order valence-electron chi connectivity index (χ2n) is 4.21. The van der Waals surface area contributed by atoms with E-state index in [2.05, 4.69) is 0 Å². The van der Waals surface area contributed by atoms with Crippen LogP contribution in [0.1, 0.15) is 12.6 Å². The molecule has 0 amide bonds. The van der Waals surface area contributed by atoms with Crippen LogP contribution in [0.15, 0.2) is 41.3 Å². The summed E-state index contributed by atoms with van der Waals surface area (Å²) in [4.78, 5) is -0.169. The van der Waals surface area contributed by atoms with Crippen LogP contribution in [0.2, 0.25) is 5.02 Å². The Labute approximate surface area is 140 Å². The smallest absolute Gasteiger partial charge is 1.00 e. The molecule has 1 aliphatic rings. The van der Waals surface area contributed by atoms with E-state index in [1.165, 1.54) is 6.07 Å². The Balaban J connectivity index is 0.000001000. The molecule has 0 bridgehead atoms. The maximum atomic E-state index is 11.4. The van der Waals surface area contributed by atoms with Crippen molar-refractivity contribution in [1.82, 2.24) is 0 Å². The first-order valence-corrected chi connectivity index (χ1v) is 7.17. The molecule has 0 fully saturated rings. The first kappa shape index (κ1) is 15.0. The van der Waals surface area contributed by atoms with Gasteiger partial charge in [-0.2, -0.15) is 8.42 Å². The molecule has 94 valence electrons. The molecule has 3 rings (SSSR count). The van der Waals surface area contributed by atoms with Crippen molar-refractivity contribution in [3.05, 3.63) is 52.5 Å². The first-order valence-electron chi connectivity index (χ1n) is 5.35. The number of rotatable bonds is 1. The number of hydrogen-bond donors (Lipinski definition) is 1. The van der Waals surface area contributed by atoms with Gasteiger partial charge < -0.3 is 1.43 Å². The molecule has 2 aromatic rings. The topological polar surface area (TPSA) is 54.4 Å². The van der Waals surface area contributed by atoms with E-state index in [0.29, 0.717) is 12.0 Å². The fraction of sp³-hybridized carbons (Fsp3) is 0.0769. The van der Waals surface area contributed by atoms with Gasteiger partial charge in [0, 0.05) is 6.42 Å². The van der Waals surface area contributed by atoms with Crippen molar-refractivity contribution in [3.8, 4) is 11.1 Å². The van der Waals surface area contributed by atoms with Crippen molar-refractivity contribution in [1.29, 1.82) is 0 Å². The van der Waals surface area contributed by atoms with Gasteiger partial charge in [-0.05, 0) is 28.3 Å². The van der Waals surface area contributed by atoms with Crippen LogP contribution < -0.4 is 29.6 Å². The van der Waals surface area contributed by atoms with Gasteiger partial charge in [0.05, 0.1) is 5.02 Å². The molecular formula is C13H10ClNaO3S. The minimum absolute atomic E-state index is 0. The second kappa shape index (κ2) is 5.20. The van der Waals surface area contributed by atoms with Crippen molar-refractivity contribution in [2.24, 2.45) is 0 Å². The number of benzene rings is 2. The summed E-state index contributed by atoms with van der Waals surface area (Å²) in [5.74, 6) is 0. The number of fused-ring (bicyclic) bond motifs is 3. The summed E-state index contributed by atoms with van der Waals surface area (Å²) in [6.45, 7) is 0. The Hall–Kier alpha value is -0.360. The number of halogens is 1. The molecule has 19 heavy (non-hydrogen) atoms. The predicted molar refractivity (Wildman–Crippen MR) is 70.6 cm³/mol. The van der Waals surface area contributed by atoms with Gasteiger partial charge in [0.25, 0.3) is 10.1 Å². The molecule has 1 N–H and O–H groups in total. The van der Waals surface area contributed by atoms with Gasteiger partial charge in [-0.25, -0.2) is 0 Å². The van der Waals surface area contributed by atoms with E-state index in [0.717, 1.165) is 16.7 Å². The average Bonchev–Trinajstić information content (AvgIpc) is 2.64. The zero-order chi connectivity index (χ0) is 12.9. The standard InChI is InChI=1S/C13H9ClO3S.Na.H/c14-12-6-5-10-9-4-2-1-3-8(9)7-11(10)13(12)18(15,16)17;;/h1-6H,7H2,(H,15,16,17);;/q;+1;-1. The van der Waals surface area contributed by atoms with E-state index in [1.807, 2.05) is 24.3 Å². The van der Waals surface area contributed by atoms with Crippen molar-refractivity contribution < 1.29 is 44.0 Å². The Bertz CT molecular complexity index is 762. The van der Waals surface area contributed by atoms with Crippen LogP contribution in [0.3, 0.4) is 0 Å². The summed E-state index contributed by atoms with van der Waals surface area (Å²) in [5.41, 5.74) is 3.43. The van der Waals surface area contributed by atoms with Crippen LogP contribution in [0.5, 0.6) is 0 Å². The van der Waals surface area contributed by atoms with Crippen LogP contribution in [0.4, 0.5) is 0 Å². The Kier molecular flexibility index (Phi) is 4.12. The predicted octanol–water partition coefficient (Wildman–Crippen LogP) is 0.274. The van der Waals surface area contributed by atoms with Gasteiger partial charge in [0.1, 0.15) is 4.90 Å². The van der Waals surface area contributed by atoms with Crippen molar-refractivity contribution in [2.75, 3.05) is 0 Å². The Morgan fingerprint density at radius 2 is 1.79 bits per heavy atom. The van der Waals surface area contributed by atoms with E-state index in [-0.39, 0.29) is 40.9 Å². The number of hydrogen-bond acceptors (Lipinski definition) is 2. The van der Waals surface area contributed by atoms with Crippen LogP contribution >= 0.6 is 11.6 Å². The molecule has 0 unspecified atom stereocenters. The quantitative estimate of drug-likeness (QED) is 0.519. The van der Waals surface area contributed by atoms with Crippen molar-refractivity contribution in [2.45, 2.75) is 11.3 Å². The summed E-state index contributed by atoms with van der Waals surface area (Å²) in [5, 5.41) is 0.0593. The van der Waals surface area contributed by atoms with E-state index < -0.39 is 10.1 Å². The summed E-state index contributed by atoms with van der Waals surface area (Å²) >= 11 is 5.90.